The molecule has 0 spiro atoms. The van der Waals surface area contributed by atoms with Gasteiger partial charge in [-0.2, -0.15) is 0 Å². The fourth-order valence-electron chi connectivity index (χ4n) is 3.52. The maximum absolute atomic E-state index is 12.3. The molecule has 6 nitrogen and oxygen atoms in total. The first kappa shape index (κ1) is 20.1. The van der Waals surface area contributed by atoms with E-state index < -0.39 is 0 Å². The zero-order valence-corrected chi connectivity index (χ0v) is 16.4. The monoisotopic (exact) mass is 383 g/mol. The zero-order valence-electron chi connectivity index (χ0n) is 16.4. The average Bonchev–Trinajstić information content (AvgIpc) is 2.77. The van der Waals surface area contributed by atoms with Crippen molar-refractivity contribution in [3.05, 3.63) is 53.7 Å². The maximum Gasteiger partial charge on any atom is 0.252 e. The lowest BCUT2D eigenvalue weighted by Crippen LogP contribution is -2.37. The standard InChI is InChI=1S/C22H29N3O3/c1-28-20-9-6-17(7-10-20)4-2-12-23-22(27)19-8-11-21(24-14-19)25-13-3-5-18(15-25)16-26/h6-11,14,18,26H,2-5,12-13,15-16H2,1H3,(H,23,27)/t18-/m1/s1. The number of aliphatic hydroxyl groups excluding tert-OH is 1. The van der Waals surface area contributed by atoms with Crippen LogP contribution in [0.5, 0.6) is 5.75 Å². The van der Waals surface area contributed by atoms with Crippen molar-refractivity contribution in [2.45, 2.75) is 25.7 Å². The molecule has 2 heterocycles. The van der Waals surface area contributed by atoms with Crippen molar-refractivity contribution in [3.8, 4) is 5.75 Å². The molecule has 1 aliphatic rings. The lowest BCUT2D eigenvalue weighted by Gasteiger charge is -2.32. The van der Waals surface area contributed by atoms with Crippen molar-refractivity contribution in [1.82, 2.24) is 10.3 Å². The first-order chi connectivity index (χ1) is 13.7. The largest absolute Gasteiger partial charge is 0.497 e. The Morgan fingerprint density at radius 3 is 2.79 bits per heavy atom. The molecule has 3 rings (SSSR count). The van der Waals surface area contributed by atoms with Gasteiger partial charge in [0.05, 0.1) is 12.7 Å². The van der Waals surface area contributed by atoms with Crippen LogP contribution in [0.25, 0.3) is 0 Å². The van der Waals surface area contributed by atoms with Gasteiger partial charge in [-0.25, -0.2) is 4.98 Å². The van der Waals surface area contributed by atoms with Crippen molar-refractivity contribution in [2.24, 2.45) is 5.92 Å². The molecule has 2 aromatic rings. The van der Waals surface area contributed by atoms with E-state index in [4.69, 9.17) is 4.74 Å². The number of amides is 1. The number of nitrogens with zero attached hydrogens (tertiary/aromatic N) is 2. The lowest BCUT2D eigenvalue weighted by atomic mass is 9.99. The number of rotatable bonds is 8. The highest BCUT2D eigenvalue weighted by Crippen LogP contribution is 2.21. The van der Waals surface area contributed by atoms with Crippen molar-refractivity contribution in [2.75, 3.05) is 38.3 Å². The number of pyridine rings is 1. The van der Waals surface area contributed by atoms with E-state index in [1.54, 1.807) is 13.3 Å². The number of benzene rings is 1. The van der Waals surface area contributed by atoms with E-state index in [0.29, 0.717) is 18.0 Å². The molecule has 0 unspecified atom stereocenters. The van der Waals surface area contributed by atoms with Crippen molar-refractivity contribution < 1.29 is 14.6 Å². The number of piperidine rings is 1. The topological polar surface area (TPSA) is 74.7 Å². The third-order valence-corrected chi connectivity index (χ3v) is 5.20. The number of aryl methyl sites for hydroxylation is 1. The fourth-order valence-corrected chi connectivity index (χ4v) is 3.52. The number of carbonyl (C=O) groups excluding carboxylic acids is 1. The summed E-state index contributed by atoms with van der Waals surface area (Å²) in [6.45, 7) is 2.60. The van der Waals surface area contributed by atoms with E-state index in [9.17, 15) is 9.90 Å². The molecular formula is C22H29N3O3. The summed E-state index contributed by atoms with van der Waals surface area (Å²) in [7, 11) is 1.66. The van der Waals surface area contributed by atoms with Crippen molar-refractivity contribution >= 4 is 11.7 Å². The quantitative estimate of drug-likeness (QED) is 0.686. The highest BCUT2D eigenvalue weighted by atomic mass is 16.5. The van der Waals surface area contributed by atoms with E-state index in [2.05, 4.69) is 15.2 Å². The van der Waals surface area contributed by atoms with E-state index in [1.807, 2.05) is 36.4 Å². The zero-order chi connectivity index (χ0) is 19.8. The Labute approximate surface area is 166 Å². The number of methoxy groups -OCH3 is 1. The molecule has 0 aliphatic carbocycles. The Morgan fingerprint density at radius 2 is 2.11 bits per heavy atom. The van der Waals surface area contributed by atoms with Gasteiger partial charge in [0.15, 0.2) is 0 Å². The van der Waals surface area contributed by atoms with E-state index in [-0.39, 0.29) is 12.5 Å². The summed E-state index contributed by atoms with van der Waals surface area (Å²) < 4.78 is 5.16. The van der Waals surface area contributed by atoms with Gasteiger partial charge in [0.2, 0.25) is 0 Å². The number of carbonyl (C=O) groups is 1. The second kappa shape index (κ2) is 10.1. The van der Waals surface area contributed by atoms with Crippen LogP contribution in [-0.4, -0.2) is 49.3 Å². The number of ether oxygens (including phenoxy) is 1. The van der Waals surface area contributed by atoms with Crippen LogP contribution in [0.4, 0.5) is 5.82 Å². The van der Waals surface area contributed by atoms with Gasteiger partial charge in [-0.3, -0.25) is 4.79 Å². The molecule has 150 valence electrons. The molecule has 1 aromatic heterocycles. The summed E-state index contributed by atoms with van der Waals surface area (Å²) in [5, 5.41) is 12.3. The van der Waals surface area contributed by atoms with Crippen LogP contribution in [0, 0.1) is 5.92 Å². The third kappa shape index (κ3) is 5.45. The number of nitrogens with one attached hydrogen (secondary N) is 1. The molecule has 1 atom stereocenters. The van der Waals surface area contributed by atoms with Crippen LogP contribution in [0.2, 0.25) is 0 Å². The molecule has 6 heteroatoms. The Morgan fingerprint density at radius 1 is 1.29 bits per heavy atom. The fraction of sp³-hybridized carbons (Fsp3) is 0.455. The van der Waals surface area contributed by atoms with E-state index >= 15 is 0 Å². The van der Waals surface area contributed by atoms with E-state index in [1.165, 1.54) is 5.56 Å². The summed E-state index contributed by atoms with van der Waals surface area (Å²) in [5.74, 6) is 1.93. The second-order valence-corrected chi connectivity index (χ2v) is 7.25. The minimum absolute atomic E-state index is 0.0966. The lowest BCUT2D eigenvalue weighted by molar-refractivity contribution is 0.0953. The number of aromatic nitrogens is 1. The summed E-state index contributed by atoms with van der Waals surface area (Å²) in [4.78, 5) is 18.9. The molecule has 1 saturated heterocycles. The molecule has 28 heavy (non-hydrogen) atoms. The predicted molar refractivity (Wildman–Crippen MR) is 110 cm³/mol. The third-order valence-electron chi connectivity index (χ3n) is 5.20. The average molecular weight is 383 g/mol. The smallest absolute Gasteiger partial charge is 0.252 e. The molecule has 1 fully saturated rings. The number of aliphatic hydroxyl groups is 1. The van der Waals surface area contributed by atoms with Crippen LogP contribution in [-0.2, 0) is 6.42 Å². The molecule has 0 saturated carbocycles. The first-order valence-electron chi connectivity index (χ1n) is 9.92. The van der Waals surface area contributed by atoms with Crippen LogP contribution >= 0.6 is 0 Å². The summed E-state index contributed by atoms with van der Waals surface area (Å²) >= 11 is 0. The Balaban J connectivity index is 1.44. The SMILES string of the molecule is COc1ccc(CCCNC(=O)c2ccc(N3CCC[C@@H](CO)C3)nc2)cc1. The van der Waals surface area contributed by atoms with Gasteiger partial charge in [-0.05, 0) is 61.4 Å². The predicted octanol–water partition coefficient (Wildman–Crippen LogP) is 2.66. The molecular weight excluding hydrogens is 354 g/mol. The Bertz CT molecular complexity index is 747. The second-order valence-electron chi connectivity index (χ2n) is 7.25. The van der Waals surface area contributed by atoms with Crippen LogP contribution < -0.4 is 15.0 Å². The first-order valence-corrected chi connectivity index (χ1v) is 9.92. The molecule has 0 bridgehead atoms. The van der Waals surface area contributed by atoms with Crippen LogP contribution in [0.15, 0.2) is 42.6 Å². The summed E-state index contributed by atoms with van der Waals surface area (Å²) in [6.07, 6.45) is 5.53. The minimum Gasteiger partial charge on any atom is -0.497 e. The number of hydrogen-bond donors (Lipinski definition) is 2. The van der Waals surface area contributed by atoms with Gasteiger partial charge in [0, 0.05) is 32.4 Å². The van der Waals surface area contributed by atoms with Gasteiger partial charge in [-0.1, -0.05) is 12.1 Å². The van der Waals surface area contributed by atoms with Crippen molar-refractivity contribution in [1.29, 1.82) is 0 Å². The van der Waals surface area contributed by atoms with Gasteiger partial charge in [0.1, 0.15) is 11.6 Å². The van der Waals surface area contributed by atoms with Crippen LogP contribution in [0.1, 0.15) is 35.2 Å². The maximum atomic E-state index is 12.3. The van der Waals surface area contributed by atoms with Gasteiger partial charge in [-0.15, -0.1) is 0 Å². The highest BCUT2D eigenvalue weighted by molar-refractivity contribution is 5.94. The Kier molecular flexibility index (Phi) is 7.25. The molecule has 1 aliphatic heterocycles. The van der Waals surface area contributed by atoms with E-state index in [0.717, 1.165) is 50.3 Å². The van der Waals surface area contributed by atoms with Gasteiger partial charge < -0.3 is 20.1 Å². The highest BCUT2D eigenvalue weighted by Gasteiger charge is 2.20. The molecule has 1 aromatic carbocycles. The summed E-state index contributed by atoms with van der Waals surface area (Å²) in [6, 6.07) is 11.7. The van der Waals surface area contributed by atoms with Gasteiger partial charge in [0.25, 0.3) is 5.91 Å². The molecule has 0 radical (unpaired) electrons. The Hall–Kier alpha value is -2.60. The van der Waals surface area contributed by atoms with Crippen molar-refractivity contribution in [3.63, 3.8) is 0 Å². The van der Waals surface area contributed by atoms with Crippen LogP contribution in [0.3, 0.4) is 0 Å². The molecule has 1 amide bonds. The normalized spacial score (nSPS) is 16.6. The minimum atomic E-state index is -0.0966. The number of hydrogen-bond acceptors (Lipinski definition) is 5. The van der Waals surface area contributed by atoms with Gasteiger partial charge >= 0.3 is 0 Å². The molecule has 2 N–H and O–H groups in total. The number of anilines is 1. The summed E-state index contributed by atoms with van der Waals surface area (Å²) in [5.41, 5.74) is 1.80.